The molecule has 0 bridgehead atoms. The Hall–Kier alpha value is -0.400. The van der Waals surface area contributed by atoms with Gasteiger partial charge in [0.05, 0.1) is 37.6 Å². The van der Waals surface area contributed by atoms with E-state index in [1.807, 2.05) is 69.5 Å². The molecule has 2 fully saturated rings. The SMILES string of the molecule is CN(CCCCCCN(C)CC(O)COC1CC(C)(C)N(O)C(C)(C)C1)CC(O)COC1CC(C)(C)N(O)C(C)(C)C1. The monoisotopic (exact) mass is 602 g/mol. The summed E-state index contributed by atoms with van der Waals surface area (Å²) in [6.07, 6.45) is 6.37. The summed E-state index contributed by atoms with van der Waals surface area (Å²) in [6.45, 7) is 19.9. The first-order valence-electron chi connectivity index (χ1n) is 16.2. The summed E-state index contributed by atoms with van der Waals surface area (Å²) in [5, 5.41) is 44.9. The van der Waals surface area contributed by atoms with Gasteiger partial charge in [-0.15, -0.1) is 0 Å². The van der Waals surface area contributed by atoms with E-state index in [-0.39, 0.29) is 34.4 Å². The molecule has 0 amide bonds. The Balaban J connectivity index is 1.53. The van der Waals surface area contributed by atoms with Gasteiger partial charge in [-0.3, -0.25) is 0 Å². The number of ether oxygens (including phenoxy) is 2. The molecule has 0 aromatic rings. The Morgan fingerprint density at radius 3 is 1.17 bits per heavy atom. The molecule has 0 radical (unpaired) electrons. The molecule has 2 rings (SSSR count). The highest BCUT2D eigenvalue weighted by atomic mass is 16.5. The van der Waals surface area contributed by atoms with Gasteiger partial charge in [0.1, 0.15) is 0 Å². The summed E-state index contributed by atoms with van der Waals surface area (Å²) < 4.78 is 12.2. The van der Waals surface area contributed by atoms with E-state index in [9.17, 15) is 20.6 Å². The Kier molecular flexibility index (Phi) is 14.2. The first-order chi connectivity index (χ1) is 19.2. The van der Waals surface area contributed by atoms with Crippen LogP contribution in [0, 0.1) is 0 Å². The van der Waals surface area contributed by atoms with Gasteiger partial charge < -0.3 is 39.9 Å². The number of hydroxylamine groups is 4. The lowest BCUT2D eigenvalue weighted by atomic mass is 9.80. The van der Waals surface area contributed by atoms with Crippen molar-refractivity contribution in [2.75, 3.05) is 53.5 Å². The standard InChI is InChI=1S/C32H66N4O6/c1-29(2)17-27(18-30(3,4)35(29)39)41-23-25(37)21-33(9)15-13-11-12-14-16-34(10)22-26(38)24-42-28-19-31(5,6)36(40)32(7,8)20-28/h25-28,37-40H,11-24H2,1-10H3. The lowest BCUT2D eigenvalue weighted by Crippen LogP contribution is -2.60. The highest BCUT2D eigenvalue weighted by molar-refractivity contribution is 4.97. The van der Waals surface area contributed by atoms with Crippen molar-refractivity contribution in [3.05, 3.63) is 0 Å². The summed E-state index contributed by atoms with van der Waals surface area (Å²) in [7, 11) is 4.10. The average molecular weight is 603 g/mol. The number of aliphatic hydroxyl groups excluding tert-OH is 2. The molecule has 0 saturated carbocycles. The first kappa shape index (κ1) is 37.8. The van der Waals surface area contributed by atoms with E-state index in [2.05, 4.69) is 9.80 Å². The molecule has 0 aliphatic carbocycles. The summed E-state index contributed by atoms with van der Waals surface area (Å²) in [5.41, 5.74) is -1.42. The van der Waals surface area contributed by atoms with E-state index in [0.29, 0.717) is 26.3 Å². The number of nitrogens with zero attached hydrogens (tertiary/aromatic N) is 4. The molecule has 4 N–H and O–H groups in total. The quantitative estimate of drug-likeness (QED) is 0.182. The highest BCUT2D eigenvalue weighted by Gasteiger charge is 2.46. The van der Waals surface area contributed by atoms with Crippen LogP contribution in [0.5, 0.6) is 0 Å². The van der Waals surface area contributed by atoms with Crippen LogP contribution in [0.15, 0.2) is 0 Å². The number of hydrogen-bond acceptors (Lipinski definition) is 10. The van der Waals surface area contributed by atoms with Crippen LogP contribution in [0.25, 0.3) is 0 Å². The van der Waals surface area contributed by atoms with Gasteiger partial charge in [-0.2, -0.15) is 10.1 Å². The molecular formula is C32H66N4O6. The van der Waals surface area contributed by atoms with Crippen molar-refractivity contribution in [1.82, 2.24) is 19.9 Å². The molecule has 2 aliphatic heterocycles. The van der Waals surface area contributed by atoms with Crippen molar-refractivity contribution >= 4 is 0 Å². The molecule has 2 saturated heterocycles. The second kappa shape index (κ2) is 15.7. The molecule has 10 heteroatoms. The van der Waals surface area contributed by atoms with E-state index in [1.165, 1.54) is 10.1 Å². The van der Waals surface area contributed by atoms with Gasteiger partial charge in [0, 0.05) is 35.2 Å². The van der Waals surface area contributed by atoms with Crippen LogP contribution < -0.4 is 0 Å². The number of unbranched alkanes of at least 4 members (excludes halogenated alkanes) is 3. The predicted octanol–water partition coefficient (Wildman–Crippen LogP) is 3.99. The fourth-order valence-electron chi connectivity index (χ4n) is 7.21. The maximum absolute atomic E-state index is 10.5. The van der Waals surface area contributed by atoms with Gasteiger partial charge in [0.25, 0.3) is 0 Å². The molecule has 2 unspecified atom stereocenters. The Morgan fingerprint density at radius 1 is 0.595 bits per heavy atom. The third kappa shape index (κ3) is 11.8. The number of likely N-dealkylation sites (N-methyl/N-ethyl adjacent to an activating group) is 2. The van der Waals surface area contributed by atoms with Gasteiger partial charge in [0.15, 0.2) is 0 Å². The van der Waals surface area contributed by atoms with Crippen LogP contribution in [-0.2, 0) is 9.47 Å². The van der Waals surface area contributed by atoms with E-state index >= 15 is 0 Å². The van der Waals surface area contributed by atoms with Crippen LogP contribution in [-0.4, -0.2) is 141 Å². The molecule has 2 heterocycles. The first-order valence-corrected chi connectivity index (χ1v) is 16.2. The Morgan fingerprint density at radius 2 is 0.881 bits per heavy atom. The van der Waals surface area contributed by atoms with Gasteiger partial charge in [-0.1, -0.05) is 12.8 Å². The van der Waals surface area contributed by atoms with Crippen LogP contribution in [0.1, 0.15) is 107 Å². The van der Waals surface area contributed by atoms with E-state index < -0.39 is 12.2 Å². The fraction of sp³-hybridized carbons (Fsp3) is 1.00. The topological polar surface area (TPSA) is 112 Å². The molecule has 2 aliphatic rings. The van der Waals surface area contributed by atoms with Gasteiger partial charge in [-0.25, -0.2) is 0 Å². The number of piperidine rings is 2. The zero-order chi connectivity index (χ0) is 31.9. The van der Waals surface area contributed by atoms with Crippen LogP contribution in [0.4, 0.5) is 0 Å². The van der Waals surface area contributed by atoms with Gasteiger partial charge >= 0.3 is 0 Å². The highest BCUT2D eigenvalue weighted by Crippen LogP contribution is 2.39. The molecule has 0 aromatic carbocycles. The largest absolute Gasteiger partial charge is 0.389 e. The van der Waals surface area contributed by atoms with Crippen molar-refractivity contribution < 1.29 is 30.1 Å². The molecule has 2 atom stereocenters. The fourth-order valence-corrected chi connectivity index (χ4v) is 7.21. The summed E-state index contributed by atoms with van der Waals surface area (Å²) >= 11 is 0. The van der Waals surface area contributed by atoms with Gasteiger partial charge in [0.2, 0.25) is 0 Å². The van der Waals surface area contributed by atoms with Crippen molar-refractivity contribution in [2.24, 2.45) is 0 Å². The molecule has 10 nitrogen and oxygen atoms in total. The summed E-state index contributed by atoms with van der Waals surface area (Å²) in [5.74, 6) is 0. The Labute approximate surface area is 256 Å². The third-order valence-corrected chi connectivity index (χ3v) is 9.13. The molecule has 0 spiro atoms. The van der Waals surface area contributed by atoms with Crippen LogP contribution in [0.2, 0.25) is 0 Å². The minimum atomic E-state index is -0.530. The second-order valence-corrected chi connectivity index (χ2v) is 15.8. The number of aliphatic hydroxyl groups is 2. The van der Waals surface area contributed by atoms with E-state index in [4.69, 9.17) is 9.47 Å². The van der Waals surface area contributed by atoms with E-state index in [0.717, 1.165) is 64.5 Å². The average Bonchev–Trinajstić information content (AvgIpc) is 2.84. The van der Waals surface area contributed by atoms with Crippen LogP contribution in [0.3, 0.4) is 0 Å². The minimum Gasteiger partial charge on any atom is -0.389 e. The second-order valence-electron chi connectivity index (χ2n) is 15.8. The molecule has 42 heavy (non-hydrogen) atoms. The number of hydrogen-bond donors (Lipinski definition) is 4. The smallest absolute Gasteiger partial charge is 0.0900 e. The third-order valence-electron chi connectivity index (χ3n) is 9.13. The van der Waals surface area contributed by atoms with Crippen molar-refractivity contribution in [3.8, 4) is 0 Å². The predicted molar refractivity (Wildman–Crippen MR) is 167 cm³/mol. The maximum Gasteiger partial charge on any atom is 0.0900 e. The minimum absolute atomic E-state index is 0.0233. The lowest BCUT2D eigenvalue weighted by molar-refractivity contribution is -0.262. The van der Waals surface area contributed by atoms with Gasteiger partial charge in [-0.05, 0) is 121 Å². The van der Waals surface area contributed by atoms with Crippen LogP contribution >= 0.6 is 0 Å². The van der Waals surface area contributed by atoms with Crippen molar-refractivity contribution in [2.45, 2.75) is 153 Å². The zero-order valence-electron chi connectivity index (χ0n) is 28.6. The zero-order valence-corrected chi connectivity index (χ0v) is 28.6. The van der Waals surface area contributed by atoms with Crippen molar-refractivity contribution in [3.63, 3.8) is 0 Å². The molecular weight excluding hydrogens is 536 g/mol. The Bertz CT molecular complexity index is 695. The maximum atomic E-state index is 10.5. The van der Waals surface area contributed by atoms with Crippen molar-refractivity contribution in [1.29, 1.82) is 0 Å². The normalized spacial score (nSPS) is 24.9. The van der Waals surface area contributed by atoms with E-state index in [1.54, 1.807) is 0 Å². The molecule has 0 aromatic heterocycles. The number of rotatable bonds is 17. The summed E-state index contributed by atoms with van der Waals surface area (Å²) in [6, 6.07) is 0. The summed E-state index contributed by atoms with van der Waals surface area (Å²) in [4.78, 5) is 4.35. The lowest BCUT2D eigenvalue weighted by Gasteiger charge is -2.51. The molecule has 250 valence electrons.